The van der Waals surface area contributed by atoms with Gasteiger partial charge < -0.3 is 19.6 Å². The molecule has 3 heterocycles. The van der Waals surface area contributed by atoms with Crippen molar-refractivity contribution in [1.29, 1.82) is 0 Å². The van der Waals surface area contributed by atoms with Gasteiger partial charge in [-0.3, -0.25) is 9.69 Å². The smallest absolute Gasteiger partial charge is 0.315 e. The highest BCUT2D eigenvalue weighted by Gasteiger charge is 2.53. The number of carbonyl (C=O) groups excluding carboxylic acids is 2. The van der Waals surface area contributed by atoms with Crippen molar-refractivity contribution < 1.29 is 9.59 Å². The molecule has 2 atom stereocenters. The lowest BCUT2D eigenvalue weighted by Gasteiger charge is -2.39. The number of aliphatic imine (C=N–C) groups is 1. The highest BCUT2D eigenvalue weighted by Crippen LogP contribution is 2.34. The number of nitrogens with zero attached hydrogens (tertiary/aromatic N) is 6. The van der Waals surface area contributed by atoms with E-state index in [-0.39, 0.29) is 18.5 Å². The molecule has 31 heavy (non-hydrogen) atoms. The van der Waals surface area contributed by atoms with Gasteiger partial charge in [0.25, 0.3) is 5.91 Å². The molecule has 0 radical (unpaired) electrons. The van der Waals surface area contributed by atoms with Crippen molar-refractivity contribution in [3.63, 3.8) is 0 Å². The van der Waals surface area contributed by atoms with Gasteiger partial charge in [0.1, 0.15) is 0 Å². The van der Waals surface area contributed by atoms with Gasteiger partial charge in [0.2, 0.25) is 5.96 Å². The molecular formula is C23H30N6O2. The maximum atomic E-state index is 13.3. The number of amides is 3. The van der Waals surface area contributed by atoms with Crippen LogP contribution in [0.4, 0.5) is 4.79 Å². The number of fused-ring (bicyclic) bond motifs is 3. The molecule has 8 nitrogen and oxygen atoms in total. The number of likely N-dealkylation sites (N-methyl/N-ethyl adjacent to an activating group) is 1. The van der Waals surface area contributed by atoms with Crippen molar-refractivity contribution in [3.8, 4) is 0 Å². The number of urea groups is 1. The van der Waals surface area contributed by atoms with E-state index in [1.54, 1.807) is 11.9 Å². The third kappa shape index (κ3) is 3.95. The highest BCUT2D eigenvalue weighted by molar-refractivity contribution is 6.05. The molecule has 164 valence electrons. The summed E-state index contributed by atoms with van der Waals surface area (Å²) in [5.74, 6) is 0.560. The first-order valence-electron chi connectivity index (χ1n) is 10.6. The van der Waals surface area contributed by atoms with Crippen LogP contribution in [0.2, 0.25) is 0 Å². The Morgan fingerprint density at radius 1 is 1.13 bits per heavy atom. The standard InChI is InChI=1S/C23H30N6O2/c1-17-16-29-19-20(24-22(29)27(17)15-9-13-25(2)3)26(4)23(31)28(21(19)30)14-8-12-18-10-6-5-7-11-18/h5-8,10-12,16,19-20H,9,13-15H2,1-4H3/b12-8+. The van der Waals surface area contributed by atoms with Crippen LogP contribution in [0.25, 0.3) is 6.08 Å². The first-order valence-corrected chi connectivity index (χ1v) is 10.6. The fourth-order valence-electron chi connectivity index (χ4n) is 4.25. The highest BCUT2D eigenvalue weighted by atomic mass is 16.2. The van der Waals surface area contributed by atoms with Gasteiger partial charge in [0.15, 0.2) is 12.2 Å². The Bertz CT molecular complexity index is 939. The Hall–Kier alpha value is -3.13. The van der Waals surface area contributed by atoms with E-state index in [1.807, 2.05) is 60.5 Å². The summed E-state index contributed by atoms with van der Waals surface area (Å²) in [5, 5.41) is 0. The van der Waals surface area contributed by atoms with Gasteiger partial charge in [-0.05, 0) is 39.5 Å². The second-order valence-electron chi connectivity index (χ2n) is 8.43. The lowest BCUT2D eigenvalue weighted by molar-refractivity contribution is -0.136. The van der Waals surface area contributed by atoms with Crippen LogP contribution >= 0.6 is 0 Å². The van der Waals surface area contributed by atoms with Crippen molar-refractivity contribution in [2.24, 2.45) is 4.99 Å². The van der Waals surface area contributed by atoms with Crippen LogP contribution in [-0.2, 0) is 4.79 Å². The van der Waals surface area contributed by atoms with E-state index < -0.39 is 12.2 Å². The lowest BCUT2D eigenvalue weighted by atomic mass is 10.1. The van der Waals surface area contributed by atoms with Crippen molar-refractivity contribution in [2.45, 2.75) is 25.6 Å². The molecule has 3 aliphatic heterocycles. The predicted octanol–water partition coefficient (Wildman–Crippen LogP) is 2.09. The lowest BCUT2D eigenvalue weighted by Crippen LogP contribution is -2.64. The Labute approximate surface area is 183 Å². The predicted molar refractivity (Wildman–Crippen MR) is 121 cm³/mol. The summed E-state index contributed by atoms with van der Waals surface area (Å²) in [6.45, 7) is 4.07. The zero-order valence-corrected chi connectivity index (χ0v) is 18.6. The number of imide groups is 1. The summed E-state index contributed by atoms with van der Waals surface area (Å²) >= 11 is 0. The van der Waals surface area contributed by atoms with Crippen molar-refractivity contribution in [1.82, 2.24) is 24.5 Å². The second kappa shape index (κ2) is 8.55. The number of rotatable bonds is 7. The molecule has 8 heteroatoms. The van der Waals surface area contributed by atoms with Crippen LogP contribution in [0.15, 0.2) is 53.3 Å². The molecule has 4 rings (SSSR count). The molecule has 0 aromatic heterocycles. The Balaban J connectivity index is 1.49. The van der Waals surface area contributed by atoms with Crippen molar-refractivity contribution in [3.05, 3.63) is 53.9 Å². The van der Waals surface area contributed by atoms with Gasteiger partial charge in [-0.15, -0.1) is 0 Å². The SMILES string of the molecule is CC1=CN2C(=NC3C2C(=O)N(C/C=C/c2ccccc2)C(=O)N3C)N1CCCN(C)C. The van der Waals surface area contributed by atoms with Crippen LogP contribution in [-0.4, -0.2) is 95.4 Å². The van der Waals surface area contributed by atoms with Gasteiger partial charge >= 0.3 is 6.03 Å². The fraction of sp³-hybridized carbons (Fsp3) is 0.435. The first-order chi connectivity index (χ1) is 14.9. The Morgan fingerprint density at radius 2 is 1.87 bits per heavy atom. The average molecular weight is 423 g/mol. The zero-order chi connectivity index (χ0) is 22.1. The third-order valence-corrected chi connectivity index (χ3v) is 5.89. The number of hydrogen-bond donors (Lipinski definition) is 0. The fourth-order valence-corrected chi connectivity index (χ4v) is 4.25. The van der Waals surface area contributed by atoms with Crippen molar-refractivity contribution >= 4 is 24.0 Å². The van der Waals surface area contributed by atoms with E-state index in [2.05, 4.69) is 23.9 Å². The molecule has 1 saturated heterocycles. The average Bonchev–Trinajstić information content (AvgIpc) is 3.25. The summed E-state index contributed by atoms with van der Waals surface area (Å²) < 4.78 is 0. The van der Waals surface area contributed by atoms with Crippen LogP contribution in [0.1, 0.15) is 18.9 Å². The minimum atomic E-state index is -0.517. The second-order valence-corrected chi connectivity index (χ2v) is 8.43. The Kier molecular flexibility index (Phi) is 5.82. The third-order valence-electron chi connectivity index (χ3n) is 5.89. The monoisotopic (exact) mass is 422 g/mol. The van der Waals surface area contributed by atoms with Crippen LogP contribution in [0.3, 0.4) is 0 Å². The number of allylic oxidation sites excluding steroid dienone is 1. The molecule has 0 N–H and O–H groups in total. The summed E-state index contributed by atoms with van der Waals surface area (Å²) in [5.41, 5.74) is 2.10. The van der Waals surface area contributed by atoms with Crippen molar-refractivity contribution in [2.75, 3.05) is 40.8 Å². The van der Waals surface area contributed by atoms with Gasteiger partial charge in [0.05, 0.1) is 0 Å². The molecule has 1 fully saturated rings. The zero-order valence-electron chi connectivity index (χ0n) is 18.6. The molecule has 3 amide bonds. The van der Waals surface area contributed by atoms with E-state index in [0.29, 0.717) is 0 Å². The minimum absolute atomic E-state index is 0.205. The van der Waals surface area contributed by atoms with Crippen LogP contribution in [0, 0.1) is 0 Å². The van der Waals surface area contributed by atoms with E-state index in [9.17, 15) is 9.59 Å². The quantitative estimate of drug-likeness (QED) is 0.673. The van der Waals surface area contributed by atoms with E-state index in [1.165, 1.54) is 4.90 Å². The van der Waals surface area contributed by atoms with Gasteiger partial charge in [-0.1, -0.05) is 42.5 Å². The van der Waals surface area contributed by atoms with E-state index >= 15 is 0 Å². The van der Waals surface area contributed by atoms with E-state index in [4.69, 9.17) is 4.99 Å². The topological polar surface area (TPSA) is 62.7 Å². The maximum absolute atomic E-state index is 13.3. The normalized spacial score (nSPS) is 23.1. The molecule has 0 spiro atoms. The molecule has 1 aromatic rings. The van der Waals surface area contributed by atoms with Gasteiger partial charge in [-0.2, -0.15) is 0 Å². The molecule has 1 aromatic carbocycles. The number of guanidine groups is 1. The van der Waals surface area contributed by atoms with Crippen LogP contribution in [0.5, 0.6) is 0 Å². The number of carbonyl (C=O) groups is 2. The van der Waals surface area contributed by atoms with Gasteiger partial charge in [0, 0.05) is 32.0 Å². The maximum Gasteiger partial charge on any atom is 0.328 e. The molecule has 0 saturated carbocycles. The Morgan fingerprint density at radius 3 is 2.58 bits per heavy atom. The number of benzene rings is 1. The molecule has 0 bridgehead atoms. The summed E-state index contributed by atoms with van der Waals surface area (Å²) in [6.07, 6.45) is 6.26. The molecule has 3 aliphatic rings. The van der Waals surface area contributed by atoms with Gasteiger partial charge in [-0.25, -0.2) is 9.79 Å². The van der Waals surface area contributed by atoms with Crippen LogP contribution < -0.4 is 0 Å². The van der Waals surface area contributed by atoms with E-state index in [0.717, 1.165) is 36.7 Å². The molecule has 2 unspecified atom stereocenters. The minimum Gasteiger partial charge on any atom is -0.315 e. The summed E-state index contributed by atoms with van der Waals surface area (Å²) in [6, 6.07) is 9.01. The summed E-state index contributed by atoms with van der Waals surface area (Å²) in [7, 11) is 5.83. The largest absolute Gasteiger partial charge is 0.328 e. The number of hydrogen-bond acceptors (Lipinski definition) is 6. The summed E-state index contributed by atoms with van der Waals surface area (Å²) in [4.78, 5) is 40.2. The molecule has 0 aliphatic carbocycles. The molecular weight excluding hydrogens is 392 g/mol. The first kappa shape index (κ1) is 21.1.